The van der Waals surface area contributed by atoms with Crippen LogP contribution in [0, 0.1) is 0 Å². The lowest BCUT2D eigenvalue weighted by Gasteiger charge is -2.34. The van der Waals surface area contributed by atoms with Crippen LogP contribution in [-0.2, 0) is 4.79 Å². The molecule has 1 heterocycles. The molecule has 84 valence electrons. The monoisotopic (exact) mass is 216 g/mol. The minimum absolute atomic E-state index is 0.116. The molecule has 1 amide bonds. The molecule has 16 heavy (non-hydrogen) atoms. The molecule has 0 saturated heterocycles. The van der Waals surface area contributed by atoms with Crippen molar-refractivity contribution in [3.8, 4) is 0 Å². The van der Waals surface area contributed by atoms with Gasteiger partial charge in [0.25, 0.3) is 0 Å². The number of benzene rings is 1. The molecule has 3 nitrogen and oxygen atoms in total. The quantitative estimate of drug-likeness (QED) is 0.787. The van der Waals surface area contributed by atoms with E-state index in [4.69, 9.17) is 0 Å². The second-order valence-electron chi connectivity index (χ2n) is 3.86. The maximum Gasteiger partial charge on any atom is 0.249 e. The van der Waals surface area contributed by atoms with Gasteiger partial charge in [0.15, 0.2) is 0 Å². The molecule has 0 fully saturated rings. The minimum Gasteiger partial charge on any atom is -0.372 e. The Morgan fingerprint density at radius 3 is 2.94 bits per heavy atom. The standard InChI is InChI=1S/C13H16N2O/c1-3-9-15-12-8-6-5-7-11(12)14-10(4-2)13(15)16/h3,5-8,10,14H,1,4,9H2,2H3. The Morgan fingerprint density at radius 1 is 1.50 bits per heavy atom. The maximum absolute atomic E-state index is 12.1. The lowest BCUT2D eigenvalue weighted by Crippen LogP contribution is -2.46. The van der Waals surface area contributed by atoms with E-state index in [0.717, 1.165) is 17.8 Å². The van der Waals surface area contributed by atoms with Crippen LogP contribution in [0.2, 0.25) is 0 Å². The van der Waals surface area contributed by atoms with Crippen molar-refractivity contribution in [2.24, 2.45) is 0 Å². The van der Waals surface area contributed by atoms with E-state index in [1.807, 2.05) is 31.2 Å². The van der Waals surface area contributed by atoms with Crippen molar-refractivity contribution < 1.29 is 4.79 Å². The summed E-state index contributed by atoms with van der Waals surface area (Å²) in [6, 6.07) is 7.75. The molecule has 0 radical (unpaired) electrons. The average Bonchev–Trinajstić information content (AvgIpc) is 2.32. The van der Waals surface area contributed by atoms with Crippen molar-refractivity contribution >= 4 is 17.3 Å². The summed E-state index contributed by atoms with van der Waals surface area (Å²) in [6.07, 6.45) is 2.55. The summed E-state index contributed by atoms with van der Waals surface area (Å²) in [5.74, 6) is 0.126. The van der Waals surface area contributed by atoms with E-state index in [1.54, 1.807) is 11.0 Å². The highest BCUT2D eigenvalue weighted by Crippen LogP contribution is 2.31. The highest BCUT2D eigenvalue weighted by atomic mass is 16.2. The molecule has 1 aliphatic rings. The molecule has 3 heteroatoms. The zero-order chi connectivity index (χ0) is 11.5. The van der Waals surface area contributed by atoms with Gasteiger partial charge in [-0.1, -0.05) is 25.1 Å². The van der Waals surface area contributed by atoms with Gasteiger partial charge in [-0.3, -0.25) is 4.79 Å². The Labute approximate surface area is 95.8 Å². The third-order valence-electron chi connectivity index (χ3n) is 2.81. The highest BCUT2D eigenvalue weighted by molar-refractivity contribution is 6.05. The van der Waals surface area contributed by atoms with Crippen LogP contribution >= 0.6 is 0 Å². The van der Waals surface area contributed by atoms with Crippen LogP contribution in [0.1, 0.15) is 13.3 Å². The van der Waals surface area contributed by atoms with E-state index in [9.17, 15) is 4.79 Å². The molecule has 1 atom stereocenters. The van der Waals surface area contributed by atoms with E-state index in [0.29, 0.717) is 6.54 Å². The van der Waals surface area contributed by atoms with Crippen LogP contribution in [0.25, 0.3) is 0 Å². The Morgan fingerprint density at radius 2 is 2.25 bits per heavy atom. The van der Waals surface area contributed by atoms with E-state index in [-0.39, 0.29) is 11.9 Å². The summed E-state index contributed by atoms with van der Waals surface area (Å²) in [6.45, 7) is 6.27. The van der Waals surface area contributed by atoms with Gasteiger partial charge >= 0.3 is 0 Å². The third-order valence-corrected chi connectivity index (χ3v) is 2.81. The number of fused-ring (bicyclic) bond motifs is 1. The zero-order valence-electron chi connectivity index (χ0n) is 9.44. The van der Waals surface area contributed by atoms with Gasteiger partial charge in [0.1, 0.15) is 6.04 Å². The molecule has 2 rings (SSSR count). The number of carbonyl (C=O) groups excluding carboxylic acids is 1. The van der Waals surface area contributed by atoms with Crippen LogP contribution in [0.4, 0.5) is 11.4 Å². The summed E-state index contributed by atoms with van der Waals surface area (Å²) < 4.78 is 0. The summed E-state index contributed by atoms with van der Waals surface area (Å²) in [7, 11) is 0. The highest BCUT2D eigenvalue weighted by Gasteiger charge is 2.29. The Bertz CT molecular complexity index is 414. The Balaban J connectivity index is 2.42. The Hall–Kier alpha value is -1.77. The van der Waals surface area contributed by atoms with Crippen molar-refractivity contribution in [3.05, 3.63) is 36.9 Å². The topological polar surface area (TPSA) is 32.3 Å². The van der Waals surface area contributed by atoms with Crippen LogP contribution in [0.3, 0.4) is 0 Å². The molecule has 1 aromatic carbocycles. The summed E-state index contributed by atoms with van der Waals surface area (Å²) in [5.41, 5.74) is 1.97. The number of nitrogens with zero attached hydrogens (tertiary/aromatic N) is 1. The van der Waals surface area contributed by atoms with Gasteiger partial charge in [0, 0.05) is 6.54 Å². The average molecular weight is 216 g/mol. The number of nitrogens with one attached hydrogen (secondary N) is 1. The summed E-state index contributed by atoms with van der Waals surface area (Å²) in [5, 5.41) is 3.26. The zero-order valence-corrected chi connectivity index (χ0v) is 9.44. The predicted octanol–water partition coefficient (Wildman–Crippen LogP) is 2.41. The molecule has 1 unspecified atom stereocenters. The number of anilines is 2. The number of rotatable bonds is 3. The molecule has 0 aliphatic carbocycles. The smallest absolute Gasteiger partial charge is 0.249 e. The lowest BCUT2D eigenvalue weighted by atomic mass is 10.1. The SMILES string of the molecule is C=CCN1C(=O)C(CC)Nc2ccccc21. The van der Waals surface area contributed by atoms with Gasteiger partial charge in [-0.2, -0.15) is 0 Å². The van der Waals surface area contributed by atoms with E-state index in [2.05, 4.69) is 11.9 Å². The number of amides is 1. The number of hydrogen-bond acceptors (Lipinski definition) is 2. The molecule has 1 aromatic rings. The largest absolute Gasteiger partial charge is 0.372 e. The van der Waals surface area contributed by atoms with Crippen LogP contribution in [0.5, 0.6) is 0 Å². The molecule has 0 bridgehead atoms. The van der Waals surface area contributed by atoms with Crippen molar-refractivity contribution in [2.75, 3.05) is 16.8 Å². The first-order chi connectivity index (χ1) is 7.77. The molecule has 0 saturated carbocycles. The molecular formula is C13H16N2O. The second-order valence-corrected chi connectivity index (χ2v) is 3.86. The maximum atomic E-state index is 12.1. The fourth-order valence-electron chi connectivity index (χ4n) is 1.98. The van der Waals surface area contributed by atoms with E-state index >= 15 is 0 Å². The lowest BCUT2D eigenvalue weighted by molar-refractivity contribution is -0.119. The fraction of sp³-hybridized carbons (Fsp3) is 0.308. The normalized spacial score (nSPS) is 18.9. The molecule has 0 spiro atoms. The van der Waals surface area contributed by atoms with Gasteiger partial charge in [-0.25, -0.2) is 0 Å². The first-order valence-electron chi connectivity index (χ1n) is 5.55. The predicted molar refractivity (Wildman–Crippen MR) is 66.7 cm³/mol. The van der Waals surface area contributed by atoms with E-state index in [1.165, 1.54) is 0 Å². The van der Waals surface area contributed by atoms with Gasteiger partial charge in [0.05, 0.1) is 11.4 Å². The van der Waals surface area contributed by atoms with Crippen molar-refractivity contribution in [3.63, 3.8) is 0 Å². The van der Waals surface area contributed by atoms with Crippen LogP contribution in [0.15, 0.2) is 36.9 Å². The van der Waals surface area contributed by atoms with Crippen molar-refractivity contribution in [2.45, 2.75) is 19.4 Å². The van der Waals surface area contributed by atoms with Gasteiger partial charge in [0.2, 0.25) is 5.91 Å². The third kappa shape index (κ3) is 1.69. The van der Waals surface area contributed by atoms with Gasteiger partial charge in [-0.05, 0) is 18.6 Å². The Kier molecular flexibility index (Phi) is 2.95. The van der Waals surface area contributed by atoms with Crippen molar-refractivity contribution in [1.29, 1.82) is 0 Å². The summed E-state index contributed by atoms with van der Waals surface area (Å²) in [4.78, 5) is 13.9. The first-order valence-corrected chi connectivity index (χ1v) is 5.55. The number of carbonyl (C=O) groups is 1. The molecule has 1 N–H and O–H groups in total. The molecule has 0 aromatic heterocycles. The second kappa shape index (κ2) is 4.39. The fourth-order valence-corrected chi connectivity index (χ4v) is 1.98. The number of hydrogen-bond donors (Lipinski definition) is 1. The van der Waals surface area contributed by atoms with Gasteiger partial charge in [-0.15, -0.1) is 6.58 Å². The van der Waals surface area contributed by atoms with Crippen molar-refractivity contribution in [1.82, 2.24) is 0 Å². The number of para-hydroxylation sites is 2. The molecule has 1 aliphatic heterocycles. The van der Waals surface area contributed by atoms with E-state index < -0.39 is 0 Å². The van der Waals surface area contributed by atoms with Gasteiger partial charge < -0.3 is 10.2 Å². The first kappa shape index (κ1) is 10.7. The van der Waals surface area contributed by atoms with Crippen LogP contribution in [-0.4, -0.2) is 18.5 Å². The molecular weight excluding hydrogens is 200 g/mol. The summed E-state index contributed by atoms with van der Waals surface area (Å²) >= 11 is 0. The van der Waals surface area contributed by atoms with Crippen LogP contribution < -0.4 is 10.2 Å². The minimum atomic E-state index is -0.116.